The van der Waals surface area contributed by atoms with E-state index in [1.54, 1.807) is 0 Å². The molecule has 13 heavy (non-hydrogen) atoms. The van der Waals surface area contributed by atoms with Crippen LogP contribution in [-0.4, -0.2) is 25.2 Å². The average Bonchev–Trinajstić information content (AvgIpc) is 2.19. The molecule has 1 aromatic rings. The minimum atomic E-state index is 0.975. The van der Waals surface area contributed by atoms with E-state index in [-0.39, 0.29) is 0 Å². The van der Waals surface area contributed by atoms with E-state index in [4.69, 9.17) is 2.81 Å². The Hall–Kier alpha value is -0.0969. The van der Waals surface area contributed by atoms with E-state index in [9.17, 15) is 0 Å². The normalized spacial score (nSPS) is 10.0. The van der Waals surface area contributed by atoms with E-state index in [1.807, 2.05) is 6.07 Å². The Kier molecular flexibility index (Phi) is 5.38. The molecule has 0 saturated carbocycles. The summed E-state index contributed by atoms with van der Waals surface area (Å²) < 4.78 is 5.39. The van der Waals surface area contributed by atoms with Gasteiger partial charge in [-0.3, -0.25) is 0 Å². The fourth-order valence-corrected chi connectivity index (χ4v) is 2.06. The summed E-state index contributed by atoms with van der Waals surface area (Å²) in [5.41, 5.74) is 1.36. The van der Waals surface area contributed by atoms with Crippen molar-refractivity contribution < 1.29 is 2.81 Å². The first-order valence-corrected chi connectivity index (χ1v) is 6.19. The molecule has 0 N–H and O–H groups in total. The summed E-state index contributed by atoms with van der Waals surface area (Å²) in [5.74, 6) is 1.08. The van der Waals surface area contributed by atoms with Gasteiger partial charge < -0.3 is 0 Å². The van der Waals surface area contributed by atoms with Gasteiger partial charge in [0.1, 0.15) is 0 Å². The van der Waals surface area contributed by atoms with Crippen LogP contribution < -0.4 is 2.81 Å². The molecule has 0 spiro atoms. The van der Waals surface area contributed by atoms with Crippen molar-refractivity contribution in [2.24, 2.45) is 0 Å². The van der Waals surface area contributed by atoms with E-state index in [1.165, 1.54) is 24.8 Å². The summed E-state index contributed by atoms with van der Waals surface area (Å²) in [7, 11) is 0. The second kappa shape index (κ2) is 6.37. The predicted molar refractivity (Wildman–Crippen MR) is 56.1 cm³/mol. The number of para-hydroxylation sites is 1. The van der Waals surface area contributed by atoms with E-state index < -0.39 is 0 Å². The van der Waals surface area contributed by atoms with Crippen LogP contribution in [0.1, 0.15) is 31.7 Å². The first-order valence-electron chi connectivity index (χ1n) is 4.77. The number of rotatable bonds is 5. The summed E-state index contributed by atoms with van der Waals surface area (Å²) in [6.07, 6.45) is 5.02. The molecule has 0 aliphatic heterocycles. The summed E-state index contributed by atoms with van der Waals surface area (Å²) in [5, 5.41) is 0. The van der Waals surface area contributed by atoms with Crippen molar-refractivity contribution >= 4 is 25.2 Å². The third-order valence-corrected chi connectivity index (χ3v) is 2.89. The van der Waals surface area contributed by atoms with Crippen molar-refractivity contribution in [1.29, 1.82) is 0 Å². The summed E-state index contributed by atoms with van der Waals surface area (Å²) in [6, 6.07) is 8.34. The van der Waals surface area contributed by atoms with Crippen LogP contribution in [0.15, 0.2) is 24.3 Å². The fourth-order valence-electron chi connectivity index (χ4n) is 1.36. The molecule has 2 radical (unpaired) electrons. The molecular weight excluding hydrogens is 357 g/mol. The number of hydrogen-bond donors (Lipinski definition) is 0. The van der Waals surface area contributed by atoms with Gasteiger partial charge in [0.05, 0.1) is 0 Å². The first-order chi connectivity index (χ1) is 6.38. The van der Waals surface area contributed by atoms with Crippen molar-refractivity contribution in [3.8, 4) is 5.75 Å². The van der Waals surface area contributed by atoms with E-state index in [2.05, 4.69) is 25.1 Å². The summed E-state index contributed by atoms with van der Waals surface area (Å²) in [4.78, 5) is 0. The number of aryl methyl sites for hydroxylation is 1. The first kappa shape index (κ1) is 11.0. The Morgan fingerprint density at radius 3 is 2.69 bits per heavy atom. The van der Waals surface area contributed by atoms with Crippen LogP contribution in [0.3, 0.4) is 0 Å². The van der Waals surface area contributed by atoms with E-state index in [0.29, 0.717) is 0 Å². The van der Waals surface area contributed by atoms with Crippen LogP contribution in [0.25, 0.3) is 0 Å². The van der Waals surface area contributed by atoms with Crippen LogP contribution in [0, 0.1) is 0 Å². The van der Waals surface area contributed by atoms with Gasteiger partial charge in [0.15, 0.2) is 0 Å². The third-order valence-electron chi connectivity index (χ3n) is 2.12. The Morgan fingerprint density at radius 1 is 1.23 bits per heavy atom. The summed E-state index contributed by atoms with van der Waals surface area (Å²) in [6.45, 7) is 2.23. The number of benzene rings is 1. The van der Waals surface area contributed by atoms with E-state index >= 15 is 0 Å². The van der Waals surface area contributed by atoms with E-state index in [0.717, 1.165) is 37.3 Å². The van der Waals surface area contributed by atoms with Gasteiger partial charge in [-0.05, 0) is 0 Å². The van der Waals surface area contributed by atoms with Gasteiger partial charge in [0.2, 0.25) is 0 Å². The second-order valence-electron chi connectivity index (χ2n) is 3.16. The Labute approximate surface area is 96.0 Å². The maximum absolute atomic E-state index is 5.39. The standard InChI is InChI=1S/C11H16O.Bi/c1-2-3-4-7-10-8-5-6-9-11(10)12;/h5-6,8-9,12H,2-4,7H2,1H3;/q;+1/p-1. The molecule has 1 aromatic carbocycles. The molecule has 0 amide bonds. The third kappa shape index (κ3) is 3.64. The molecule has 0 aromatic heterocycles. The van der Waals surface area contributed by atoms with Crippen LogP contribution >= 0.6 is 0 Å². The van der Waals surface area contributed by atoms with Gasteiger partial charge in [0.25, 0.3) is 0 Å². The number of hydrogen-bond acceptors (Lipinski definition) is 1. The quantitative estimate of drug-likeness (QED) is 0.571. The zero-order valence-electron chi connectivity index (χ0n) is 7.99. The molecule has 0 aliphatic rings. The van der Waals surface area contributed by atoms with Crippen LogP contribution in [0.5, 0.6) is 5.75 Å². The molecule has 1 nitrogen and oxygen atoms in total. The molecule has 0 atom stereocenters. The number of unbranched alkanes of at least 4 members (excludes halogenated alkanes) is 2. The van der Waals surface area contributed by atoms with Gasteiger partial charge >= 0.3 is 96.2 Å². The molecule has 1 rings (SSSR count). The molecule has 0 saturated heterocycles. The molecule has 2 heteroatoms. The SMILES string of the molecule is CCCCCc1ccccc1[O][Bi]. The molecule has 0 aliphatic carbocycles. The van der Waals surface area contributed by atoms with Gasteiger partial charge in [-0.15, -0.1) is 0 Å². The van der Waals surface area contributed by atoms with Crippen molar-refractivity contribution in [1.82, 2.24) is 0 Å². The van der Waals surface area contributed by atoms with Gasteiger partial charge in [0, 0.05) is 0 Å². The topological polar surface area (TPSA) is 9.23 Å². The monoisotopic (exact) mass is 372 g/mol. The average molecular weight is 372 g/mol. The van der Waals surface area contributed by atoms with Crippen molar-refractivity contribution in [3.63, 3.8) is 0 Å². The molecule has 0 bridgehead atoms. The Morgan fingerprint density at radius 2 is 2.00 bits per heavy atom. The van der Waals surface area contributed by atoms with Crippen molar-refractivity contribution in [3.05, 3.63) is 29.8 Å². The zero-order valence-corrected chi connectivity index (χ0v) is 11.5. The van der Waals surface area contributed by atoms with Crippen molar-refractivity contribution in [2.75, 3.05) is 0 Å². The predicted octanol–water partition coefficient (Wildman–Crippen LogP) is 2.88. The molecular formula is C11H15BiO. The van der Waals surface area contributed by atoms with Crippen molar-refractivity contribution in [2.45, 2.75) is 32.6 Å². The zero-order chi connectivity index (χ0) is 9.52. The van der Waals surface area contributed by atoms with Gasteiger partial charge in [-0.2, -0.15) is 0 Å². The summed E-state index contributed by atoms with van der Waals surface area (Å²) >= 11 is 0.975. The Balaban J connectivity index is 2.54. The maximum atomic E-state index is 5.39. The molecule has 70 valence electrons. The molecule has 0 heterocycles. The Bertz CT molecular complexity index is 248. The fraction of sp³-hybridized carbons (Fsp3) is 0.455. The molecule has 0 unspecified atom stereocenters. The van der Waals surface area contributed by atoms with Crippen LogP contribution in [-0.2, 0) is 6.42 Å². The second-order valence-corrected chi connectivity index (χ2v) is 3.87. The molecule has 0 fully saturated rings. The van der Waals surface area contributed by atoms with Crippen LogP contribution in [0.2, 0.25) is 0 Å². The van der Waals surface area contributed by atoms with Gasteiger partial charge in [-0.25, -0.2) is 0 Å². The van der Waals surface area contributed by atoms with Crippen LogP contribution in [0.4, 0.5) is 0 Å². The minimum absolute atomic E-state index is 0.975. The van der Waals surface area contributed by atoms with Gasteiger partial charge in [-0.1, -0.05) is 0 Å².